The van der Waals surface area contributed by atoms with E-state index in [2.05, 4.69) is 43.4 Å². The number of nitrogens with one attached hydrogen (secondary N) is 1. The molecule has 1 N–H and O–H groups in total. The van der Waals surface area contributed by atoms with E-state index in [0.717, 1.165) is 19.4 Å². The van der Waals surface area contributed by atoms with Gasteiger partial charge in [-0.3, -0.25) is 0 Å². The van der Waals surface area contributed by atoms with Crippen molar-refractivity contribution in [3.63, 3.8) is 0 Å². The molecule has 0 fully saturated rings. The second kappa shape index (κ2) is 5.23. The fraction of sp³-hybridized carbons (Fsp3) is 0.533. The molecule has 1 aromatic carbocycles. The summed E-state index contributed by atoms with van der Waals surface area (Å²) in [5, 5.41) is 12.5. The zero-order valence-corrected chi connectivity index (χ0v) is 10.7. The second-order valence-electron chi connectivity index (χ2n) is 5.21. The summed E-state index contributed by atoms with van der Waals surface area (Å²) in [6.45, 7) is 5.32. The average molecular weight is 228 g/mol. The van der Waals surface area contributed by atoms with Gasteiger partial charge in [0.2, 0.25) is 0 Å². The molecule has 1 aliphatic rings. The van der Waals surface area contributed by atoms with Crippen LogP contribution in [0, 0.1) is 23.2 Å². The van der Waals surface area contributed by atoms with Crippen molar-refractivity contribution in [2.24, 2.45) is 11.8 Å². The highest BCUT2D eigenvalue weighted by molar-refractivity contribution is 5.54. The van der Waals surface area contributed by atoms with Gasteiger partial charge in [-0.25, -0.2) is 0 Å². The molecule has 1 aliphatic heterocycles. The first-order valence-electron chi connectivity index (χ1n) is 6.46. The Morgan fingerprint density at radius 2 is 2.24 bits per heavy atom. The molecule has 90 valence electrons. The third-order valence-corrected chi connectivity index (χ3v) is 3.53. The Morgan fingerprint density at radius 1 is 1.41 bits per heavy atom. The second-order valence-corrected chi connectivity index (χ2v) is 5.21. The van der Waals surface area contributed by atoms with E-state index in [1.165, 1.54) is 23.2 Å². The van der Waals surface area contributed by atoms with Crippen molar-refractivity contribution in [2.45, 2.75) is 33.1 Å². The van der Waals surface area contributed by atoms with Crippen LogP contribution in [0.1, 0.15) is 31.4 Å². The number of aryl methyl sites for hydroxylation is 1. The fourth-order valence-corrected chi connectivity index (χ4v) is 2.34. The molecule has 17 heavy (non-hydrogen) atoms. The molecule has 2 nitrogen and oxygen atoms in total. The minimum atomic E-state index is 0.129. The number of hydrogen-bond donors (Lipinski definition) is 1. The van der Waals surface area contributed by atoms with Crippen molar-refractivity contribution in [2.75, 3.05) is 11.9 Å². The molecule has 0 saturated heterocycles. The number of nitrogens with zero attached hydrogens (tertiary/aromatic N) is 1. The first kappa shape index (κ1) is 12.0. The van der Waals surface area contributed by atoms with Crippen molar-refractivity contribution >= 4 is 5.69 Å². The van der Waals surface area contributed by atoms with Crippen LogP contribution in [0.25, 0.3) is 0 Å². The van der Waals surface area contributed by atoms with Gasteiger partial charge in [0, 0.05) is 12.2 Å². The Kier molecular flexibility index (Phi) is 3.68. The number of fused-ring (bicyclic) bond motifs is 1. The zero-order valence-electron chi connectivity index (χ0n) is 10.7. The number of nitriles is 1. The Bertz CT molecular complexity index is 429. The van der Waals surface area contributed by atoms with E-state index in [1.807, 2.05) is 0 Å². The van der Waals surface area contributed by atoms with Crippen molar-refractivity contribution < 1.29 is 0 Å². The summed E-state index contributed by atoms with van der Waals surface area (Å²) >= 11 is 0. The Labute approximate surface area is 104 Å². The van der Waals surface area contributed by atoms with Gasteiger partial charge >= 0.3 is 0 Å². The van der Waals surface area contributed by atoms with Gasteiger partial charge in [-0.05, 0) is 42.4 Å². The molecular weight excluding hydrogens is 208 g/mol. The predicted molar refractivity (Wildman–Crippen MR) is 70.9 cm³/mol. The van der Waals surface area contributed by atoms with Crippen LogP contribution in [-0.2, 0) is 12.8 Å². The predicted octanol–water partition coefficient (Wildman–Crippen LogP) is 3.38. The summed E-state index contributed by atoms with van der Waals surface area (Å²) in [7, 11) is 0. The van der Waals surface area contributed by atoms with Gasteiger partial charge in [0.1, 0.15) is 0 Å². The summed E-state index contributed by atoms with van der Waals surface area (Å²) in [4.78, 5) is 0. The van der Waals surface area contributed by atoms with E-state index in [4.69, 9.17) is 5.26 Å². The van der Waals surface area contributed by atoms with Gasteiger partial charge in [-0.1, -0.05) is 26.0 Å². The first-order valence-corrected chi connectivity index (χ1v) is 6.46. The number of rotatable bonds is 3. The van der Waals surface area contributed by atoms with E-state index in [-0.39, 0.29) is 5.92 Å². The highest BCUT2D eigenvalue weighted by Gasteiger charge is 2.15. The van der Waals surface area contributed by atoms with Gasteiger partial charge in [0.25, 0.3) is 0 Å². The molecule has 1 aromatic rings. The average Bonchev–Trinajstić information content (AvgIpc) is 2.35. The minimum Gasteiger partial charge on any atom is -0.385 e. The van der Waals surface area contributed by atoms with Gasteiger partial charge in [0.15, 0.2) is 0 Å². The Hall–Kier alpha value is -1.49. The third kappa shape index (κ3) is 2.79. The lowest BCUT2D eigenvalue weighted by atomic mass is 9.89. The first-order chi connectivity index (χ1) is 8.20. The van der Waals surface area contributed by atoms with Crippen LogP contribution in [0.4, 0.5) is 5.69 Å². The van der Waals surface area contributed by atoms with Gasteiger partial charge < -0.3 is 5.32 Å². The maximum atomic E-state index is 9.13. The molecule has 1 atom stereocenters. The third-order valence-electron chi connectivity index (χ3n) is 3.53. The van der Waals surface area contributed by atoms with E-state index in [1.54, 1.807) is 0 Å². The quantitative estimate of drug-likeness (QED) is 0.860. The lowest BCUT2D eigenvalue weighted by molar-refractivity contribution is 0.474. The van der Waals surface area contributed by atoms with E-state index in [9.17, 15) is 0 Å². The van der Waals surface area contributed by atoms with E-state index < -0.39 is 0 Å². The molecular formula is C15H20N2. The SMILES string of the molecule is CC(C)C(C#N)Cc1ccc2c(c1)CCCN2. The van der Waals surface area contributed by atoms with Crippen LogP contribution in [0.3, 0.4) is 0 Å². The monoisotopic (exact) mass is 228 g/mol. The zero-order chi connectivity index (χ0) is 12.3. The molecule has 0 bridgehead atoms. The molecule has 0 aromatic heterocycles. The normalized spacial score (nSPS) is 15.9. The summed E-state index contributed by atoms with van der Waals surface area (Å²) in [5.41, 5.74) is 3.99. The lowest BCUT2D eigenvalue weighted by Crippen LogP contribution is -2.13. The number of hydrogen-bond acceptors (Lipinski definition) is 2. The number of anilines is 1. The molecule has 0 radical (unpaired) electrons. The Balaban J connectivity index is 2.14. The summed E-state index contributed by atoms with van der Waals surface area (Å²) in [6, 6.07) is 9.01. The van der Waals surface area contributed by atoms with Crippen LogP contribution in [0.5, 0.6) is 0 Å². The van der Waals surface area contributed by atoms with E-state index in [0.29, 0.717) is 5.92 Å². The fourth-order valence-electron chi connectivity index (χ4n) is 2.34. The largest absolute Gasteiger partial charge is 0.385 e. The molecule has 0 spiro atoms. The smallest absolute Gasteiger partial charge is 0.0661 e. The molecule has 2 rings (SSSR count). The summed E-state index contributed by atoms with van der Waals surface area (Å²) in [6.07, 6.45) is 3.25. The van der Waals surface area contributed by atoms with Crippen LogP contribution in [0.2, 0.25) is 0 Å². The van der Waals surface area contributed by atoms with Crippen LogP contribution in [0.15, 0.2) is 18.2 Å². The highest BCUT2D eigenvalue weighted by Crippen LogP contribution is 2.25. The number of benzene rings is 1. The van der Waals surface area contributed by atoms with Crippen molar-refractivity contribution in [3.8, 4) is 6.07 Å². The maximum absolute atomic E-state index is 9.13. The molecule has 0 saturated carbocycles. The van der Waals surface area contributed by atoms with Crippen LogP contribution < -0.4 is 5.32 Å². The summed E-state index contributed by atoms with van der Waals surface area (Å²) < 4.78 is 0. The van der Waals surface area contributed by atoms with Gasteiger partial charge in [-0.2, -0.15) is 5.26 Å². The molecule has 1 heterocycles. The van der Waals surface area contributed by atoms with Gasteiger partial charge in [-0.15, -0.1) is 0 Å². The maximum Gasteiger partial charge on any atom is 0.0661 e. The van der Waals surface area contributed by atoms with Crippen molar-refractivity contribution in [1.29, 1.82) is 5.26 Å². The van der Waals surface area contributed by atoms with E-state index >= 15 is 0 Å². The van der Waals surface area contributed by atoms with Crippen molar-refractivity contribution in [1.82, 2.24) is 0 Å². The molecule has 1 unspecified atom stereocenters. The van der Waals surface area contributed by atoms with Crippen molar-refractivity contribution in [3.05, 3.63) is 29.3 Å². The molecule has 2 heteroatoms. The molecule has 0 aliphatic carbocycles. The summed E-state index contributed by atoms with van der Waals surface area (Å²) in [5.74, 6) is 0.554. The minimum absolute atomic E-state index is 0.129. The Morgan fingerprint density at radius 3 is 2.94 bits per heavy atom. The topological polar surface area (TPSA) is 35.8 Å². The molecule has 0 amide bonds. The van der Waals surface area contributed by atoms with Crippen LogP contribution in [-0.4, -0.2) is 6.54 Å². The van der Waals surface area contributed by atoms with Crippen LogP contribution >= 0.6 is 0 Å². The lowest BCUT2D eigenvalue weighted by Gasteiger charge is -2.20. The highest BCUT2D eigenvalue weighted by atomic mass is 14.9. The van der Waals surface area contributed by atoms with Gasteiger partial charge in [0.05, 0.1) is 12.0 Å². The standard InChI is InChI=1S/C15H20N2/c1-11(2)14(10-16)9-12-5-6-15-13(8-12)4-3-7-17-15/h5-6,8,11,14,17H,3-4,7,9H2,1-2H3.